The first-order valence-electron chi connectivity index (χ1n) is 11.3. The Hall–Kier alpha value is -1.10. The van der Waals surface area contributed by atoms with Gasteiger partial charge in [0.15, 0.2) is 0 Å². The SMILES string of the molecule is CCCCCCC1(CCCCCC)c2cc(Br)ccc2-c2ccc(B(O)O)cc21. The van der Waals surface area contributed by atoms with E-state index in [0.29, 0.717) is 5.46 Å². The molecule has 0 saturated heterocycles. The van der Waals surface area contributed by atoms with E-state index in [0.717, 1.165) is 17.3 Å². The van der Waals surface area contributed by atoms with Crippen LogP contribution in [-0.4, -0.2) is 17.2 Å². The molecule has 0 radical (unpaired) electrons. The van der Waals surface area contributed by atoms with Crippen molar-refractivity contribution in [2.24, 2.45) is 0 Å². The van der Waals surface area contributed by atoms with Crippen LogP contribution in [-0.2, 0) is 5.41 Å². The maximum absolute atomic E-state index is 9.83. The lowest BCUT2D eigenvalue weighted by Crippen LogP contribution is -2.32. The number of halogens is 1. The van der Waals surface area contributed by atoms with Crippen LogP contribution in [0.2, 0.25) is 0 Å². The first-order chi connectivity index (χ1) is 14.0. The zero-order valence-corrected chi connectivity index (χ0v) is 19.5. The van der Waals surface area contributed by atoms with Crippen molar-refractivity contribution in [3.8, 4) is 11.1 Å². The Morgan fingerprint density at radius 1 is 0.759 bits per heavy atom. The largest absolute Gasteiger partial charge is 0.488 e. The minimum Gasteiger partial charge on any atom is -0.423 e. The maximum atomic E-state index is 9.83. The minimum absolute atomic E-state index is 0.0270. The van der Waals surface area contributed by atoms with Gasteiger partial charge in [-0.2, -0.15) is 0 Å². The summed E-state index contributed by atoms with van der Waals surface area (Å²) in [6, 6.07) is 12.7. The van der Waals surface area contributed by atoms with Gasteiger partial charge in [-0.3, -0.25) is 0 Å². The molecule has 3 rings (SSSR count). The van der Waals surface area contributed by atoms with Gasteiger partial charge < -0.3 is 10.0 Å². The molecule has 1 aliphatic carbocycles. The molecular formula is C25H34BBrO2. The summed E-state index contributed by atoms with van der Waals surface area (Å²) < 4.78 is 1.12. The smallest absolute Gasteiger partial charge is 0.423 e. The fourth-order valence-corrected chi connectivity index (χ4v) is 5.38. The Morgan fingerprint density at radius 2 is 1.31 bits per heavy atom. The third-order valence-electron chi connectivity index (χ3n) is 6.56. The second-order valence-electron chi connectivity index (χ2n) is 8.57. The highest BCUT2D eigenvalue weighted by atomic mass is 79.9. The molecule has 1 aliphatic rings. The quantitative estimate of drug-likeness (QED) is 0.306. The lowest BCUT2D eigenvalue weighted by Gasteiger charge is -2.33. The van der Waals surface area contributed by atoms with Crippen molar-refractivity contribution in [1.82, 2.24) is 0 Å². The van der Waals surface area contributed by atoms with E-state index in [1.54, 1.807) is 0 Å². The summed E-state index contributed by atoms with van der Waals surface area (Å²) in [5.41, 5.74) is 5.86. The van der Waals surface area contributed by atoms with Crippen molar-refractivity contribution < 1.29 is 10.0 Å². The molecule has 0 aliphatic heterocycles. The fraction of sp³-hybridized carbons (Fsp3) is 0.520. The summed E-state index contributed by atoms with van der Waals surface area (Å²) in [7, 11) is -1.42. The van der Waals surface area contributed by atoms with Crippen molar-refractivity contribution in [3.63, 3.8) is 0 Å². The lowest BCUT2D eigenvalue weighted by atomic mass is 9.68. The van der Waals surface area contributed by atoms with Crippen molar-refractivity contribution in [2.45, 2.75) is 83.5 Å². The van der Waals surface area contributed by atoms with Crippen molar-refractivity contribution in [2.75, 3.05) is 0 Å². The number of hydrogen-bond donors (Lipinski definition) is 2. The van der Waals surface area contributed by atoms with Gasteiger partial charge in [0, 0.05) is 9.89 Å². The molecule has 0 heterocycles. The summed E-state index contributed by atoms with van der Waals surface area (Å²) >= 11 is 3.71. The molecule has 0 spiro atoms. The van der Waals surface area contributed by atoms with Crippen LogP contribution in [0.25, 0.3) is 11.1 Å². The van der Waals surface area contributed by atoms with Crippen molar-refractivity contribution in [1.29, 1.82) is 0 Å². The Morgan fingerprint density at radius 3 is 1.86 bits per heavy atom. The van der Waals surface area contributed by atoms with E-state index in [2.05, 4.69) is 60.1 Å². The van der Waals surface area contributed by atoms with Gasteiger partial charge in [-0.1, -0.05) is 105 Å². The van der Waals surface area contributed by atoms with Gasteiger partial charge in [-0.15, -0.1) is 0 Å². The van der Waals surface area contributed by atoms with Gasteiger partial charge in [0.2, 0.25) is 0 Å². The van der Waals surface area contributed by atoms with Gasteiger partial charge in [0.25, 0.3) is 0 Å². The highest BCUT2D eigenvalue weighted by Gasteiger charge is 2.42. The van der Waals surface area contributed by atoms with Crippen molar-refractivity contribution >= 4 is 28.5 Å². The molecule has 156 valence electrons. The summed E-state index contributed by atoms with van der Waals surface area (Å²) in [6.45, 7) is 4.51. The van der Waals surface area contributed by atoms with Gasteiger partial charge in [0.05, 0.1) is 0 Å². The Balaban J connectivity index is 2.07. The molecule has 0 amide bonds. The first-order valence-corrected chi connectivity index (χ1v) is 12.1. The van der Waals surface area contributed by atoms with Gasteiger partial charge in [-0.25, -0.2) is 0 Å². The van der Waals surface area contributed by atoms with Gasteiger partial charge in [0.1, 0.15) is 0 Å². The normalized spacial score (nSPS) is 14.0. The molecule has 0 bridgehead atoms. The monoisotopic (exact) mass is 456 g/mol. The summed E-state index contributed by atoms with van der Waals surface area (Å²) in [4.78, 5) is 0. The standard InChI is InChI=1S/C25H34BBrO2/c1-3-5-7-9-15-25(16-10-8-6-4-2)23-17-19(26(28)29)11-13-21(23)22-14-12-20(27)18-24(22)25/h11-14,17-18,28-29H,3-10,15-16H2,1-2H3. The second kappa shape index (κ2) is 10.3. The van der Waals surface area contributed by atoms with Gasteiger partial charge >= 0.3 is 7.12 Å². The molecule has 2 nitrogen and oxygen atoms in total. The van der Waals surface area contributed by atoms with E-state index < -0.39 is 7.12 Å². The third-order valence-corrected chi connectivity index (χ3v) is 7.05. The van der Waals surface area contributed by atoms with Crippen LogP contribution in [0.4, 0.5) is 0 Å². The van der Waals surface area contributed by atoms with E-state index >= 15 is 0 Å². The average Bonchev–Trinajstić information content (AvgIpc) is 2.97. The summed E-state index contributed by atoms with van der Waals surface area (Å²) in [5.74, 6) is 0. The molecule has 0 aromatic heterocycles. The molecule has 0 fully saturated rings. The third kappa shape index (κ3) is 4.81. The molecule has 0 saturated carbocycles. The predicted octanol–water partition coefficient (Wildman–Crippen LogP) is 6.34. The van der Waals surface area contributed by atoms with E-state index in [9.17, 15) is 10.0 Å². The second-order valence-corrected chi connectivity index (χ2v) is 9.49. The number of rotatable bonds is 11. The molecule has 0 unspecified atom stereocenters. The Labute approximate surface area is 185 Å². The summed E-state index contributed by atoms with van der Waals surface area (Å²) in [6.07, 6.45) is 12.2. The van der Waals surface area contributed by atoms with E-state index in [1.807, 2.05) is 6.07 Å². The zero-order valence-electron chi connectivity index (χ0n) is 17.9. The zero-order chi connectivity index (χ0) is 20.9. The van der Waals surface area contributed by atoms with Crippen LogP contribution in [0.5, 0.6) is 0 Å². The highest BCUT2D eigenvalue weighted by Crippen LogP contribution is 2.54. The lowest BCUT2D eigenvalue weighted by molar-refractivity contribution is 0.400. The van der Waals surface area contributed by atoms with Crippen LogP contribution in [0.15, 0.2) is 40.9 Å². The molecule has 2 N–H and O–H groups in total. The highest BCUT2D eigenvalue weighted by molar-refractivity contribution is 9.10. The van der Waals surface area contributed by atoms with Crippen molar-refractivity contribution in [3.05, 3.63) is 52.0 Å². The Bertz CT molecular complexity index is 806. The average molecular weight is 457 g/mol. The minimum atomic E-state index is -1.42. The number of hydrogen-bond acceptors (Lipinski definition) is 2. The first kappa shape index (κ1) is 22.6. The molecule has 0 atom stereocenters. The fourth-order valence-electron chi connectivity index (χ4n) is 5.02. The molecule has 2 aromatic rings. The molecule has 29 heavy (non-hydrogen) atoms. The molecular weight excluding hydrogens is 423 g/mol. The number of unbranched alkanes of at least 4 members (excludes halogenated alkanes) is 6. The Kier molecular flexibility index (Phi) is 8.01. The van der Waals surface area contributed by atoms with Crippen LogP contribution in [0.1, 0.15) is 89.2 Å². The number of benzene rings is 2. The van der Waals surface area contributed by atoms with Crippen LogP contribution in [0, 0.1) is 0 Å². The molecule has 2 aromatic carbocycles. The van der Waals surface area contributed by atoms with Crippen LogP contribution < -0.4 is 5.46 Å². The van der Waals surface area contributed by atoms with Gasteiger partial charge in [-0.05, 0) is 52.7 Å². The topological polar surface area (TPSA) is 40.5 Å². The summed E-state index contributed by atoms with van der Waals surface area (Å²) in [5, 5.41) is 19.7. The van der Waals surface area contributed by atoms with E-state index in [-0.39, 0.29) is 5.41 Å². The predicted molar refractivity (Wildman–Crippen MR) is 128 cm³/mol. The maximum Gasteiger partial charge on any atom is 0.488 e. The van der Waals surface area contributed by atoms with Crippen LogP contribution in [0.3, 0.4) is 0 Å². The van der Waals surface area contributed by atoms with E-state index in [4.69, 9.17) is 0 Å². The van der Waals surface area contributed by atoms with E-state index in [1.165, 1.54) is 73.6 Å². The van der Waals surface area contributed by atoms with Crippen LogP contribution >= 0.6 is 15.9 Å². The molecule has 4 heteroatoms. The number of fused-ring (bicyclic) bond motifs is 3.